The molecule has 100 valence electrons. The highest BCUT2D eigenvalue weighted by molar-refractivity contribution is 7.89. The average molecular weight is 274 g/mol. The first kappa shape index (κ1) is 14.6. The van der Waals surface area contributed by atoms with Crippen molar-refractivity contribution in [1.82, 2.24) is 4.72 Å². The van der Waals surface area contributed by atoms with Crippen LogP contribution in [0.2, 0.25) is 0 Å². The van der Waals surface area contributed by atoms with Crippen molar-refractivity contribution >= 4 is 15.7 Å². The molecule has 1 aromatic rings. The third-order valence-electron chi connectivity index (χ3n) is 2.23. The Bertz CT molecular complexity index is 553. The van der Waals surface area contributed by atoms with Gasteiger partial charge in [0.1, 0.15) is 0 Å². The Balaban J connectivity index is 3.27. The van der Waals surface area contributed by atoms with Gasteiger partial charge < -0.3 is 5.11 Å². The van der Waals surface area contributed by atoms with Gasteiger partial charge in [0.25, 0.3) is 5.69 Å². The lowest BCUT2D eigenvalue weighted by Gasteiger charge is -2.10. The maximum absolute atomic E-state index is 12.0. The maximum Gasteiger partial charge on any atom is 0.289 e. The molecule has 1 atom stereocenters. The van der Waals surface area contributed by atoms with Crippen molar-refractivity contribution in [1.29, 1.82) is 0 Å². The molecular weight excluding hydrogens is 260 g/mol. The second-order valence-corrected chi connectivity index (χ2v) is 5.58. The fraction of sp³-hybridized carbons (Fsp3) is 0.400. The molecule has 1 rings (SSSR count). The number of aryl methyl sites for hydroxylation is 1. The molecule has 0 aromatic heterocycles. The summed E-state index contributed by atoms with van der Waals surface area (Å²) in [6, 6.07) is 4.02. The van der Waals surface area contributed by atoms with Gasteiger partial charge in [-0.15, -0.1) is 0 Å². The van der Waals surface area contributed by atoms with Crippen molar-refractivity contribution in [2.45, 2.75) is 24.8 Å². The van der Waals surface area contributed by atoms with Gasteiger partial charge in [-0.3, -0.25) is 10.1 Å². The number of hydrogen-bond acceptors (Lipinski definition) is 5. The summed E-state index contributed by atoms with van der Waals surface area (Å²) in [5.41, 5.74) is -0.199. The van der Waals surface area contributed by atoms with Crippen molar-refractivity contribution in [2.75, 3.05) is 6.54 Å². The minimum atomic E-state index is -4.01. The van der Waals surface area contributed by atoms with Crippen LogP contribution in [-0.4, -0.2) is 31.1 Å². The molecule has 2 N–H and O–H groups in total. The molecule has 0 aliphatic rings. The number of sulfonamides is 1. The fourth-order valence-corrected chi connectivity index (χ4v) is 2.95. The molecule has 1 aromatic carbocycles. The number of benzene rings is 1. The lowest BCUT2D eigenvalue weighted by atomic mass is 10.2. The summed E-state index contributed by atoms with van der Waals surface area (Å²) in [4.78, 5) is 9.71. The molecule has 0 radical (unpaired) electrons. The standard InChI is InChI=1S/C10H14N2O5S/c1-7-4-3-5-9(12(14)15)10(7)18(16,17)11-6-8(2)13/h3-5,8,11,13H,6H2,1-2H3/t8-/m0/s1. The highest BCUT2D eigenvalue weighted by atomic mass is 32.2. The molecule has 0 aliphatic heterocycles. The van der Waals surface area contributed by atoms with E-state index in [1.54, 1.807) is 0 Å². The molecule has 0 fully saturated rings. The van der Waals surface area contributed by atoms with E-state index in [-0.39, 0.29) is 17.0 Å². The average Bonchev–Trinajstić information content (AvgIpc) is 2.25. The molecule has 0 amide bonds. The lowest BCUT2D eigenvalue weighted by Crippen LogP contribution is -2.31. The van der Waals surface area contributed by atoms with Gasteiger partial charge >= 0.3 is 0 Å². The summed E-state index contributed by atoms with van der Waals surface area (Å²) in [6.45, 7) is 2.69. The fourth-order valence-electron chi connectivity index (χ4n) is 1.43. The molecule has 8 heteroatoms. The molecule has 7 nitrogen and oxygen atoms in total. The summed E-state index contributed by atoms with van der Waals surface area (Å²) < 4.78 is 26.0. The van der Waals surface area contributed by atoms with E-state index in [4.69, 9.17) is 5.11 Å². The third-order valence-corrected chi connectivity index (χ3v) is 3.84. The number of rotatable bonds is 5. The van der Waals surface area contributed by atoms with Crippen molar-refractivity contribution < 1.29 is 18.4 Å². The molecule has 18 heavy (non-hydrogen) atoms. The molecule has 0 unspecified atom stereocenters. The quantitative estimate of drug-likeness (QED) is 0.602. The molecule has 0 heterocycles. The van der Waals surface area contributed by atoms with Crippen LogP contribution in [0.1, 0.15) is 12.5 Å². The SMILES string of the molecule is Cc1cccc([N+](=O)[O-])c1S(=O)(=O)NC[C@H](C)O. The highest BCUT2D eigenvalue weighted by Gasteiger charge is 2.27. The Morgan fingerprint density at radius 3 is 2.61 bits per heavy atom. The minimum Gasteiger partial charge on any atom is -0.392 e. The van der Waals surface area contributed by atoms with Crippen LogP contribution in [0, 0.1) is 17.0 Å². The van der Waals surface area contributed by atoms with Crippen molar-refractivity contribution in [3.05, 3.63) is 33.9 Å². The number of nitrogens with one attached hydrogen (secondary N) is 1. The van der Waals surface area contributed by atoms with Crippen LogP contribution in [0.3, 0.4) is 0 Å². The number of nitrogens with zero attached hydrogens (tertiary/aromatic N) is 1. The van der Waals surface area contributed by atoms with E-state index in [0.29, 0.717) is 0 Å². The van der Waals surface area contributed by atoms with Crippen LogP contribution in [0.15, 0.2) is 23.1 Å². The van der Waals surface area contributed by atoms with E-state index < -0.39 is 26.7 Å². The Morgan fingerprint density at radius 2 is 2.11 bits per heavy atom. The van der Waals surface area contributed by atoms with Gasteiger partial charge in [-0.05, 0) is 19.4 Å². The van der Waals surface area contributed by atoms with Gasteiger partial charge in [-0.1, -0.05) is 12.1 Å². The van der Waals surface area contributed by atoms with Gasteiger partial charge in [-0.25, -0.2) is 13.1 Å². The predicted octanol–water partition coefficient (Wildman–Crippen LogP) is 0.562. The van der Waals surface area contributed by atoms with Gasteiger partial charge in [0.05, 0.1) is 11.0 Å². The van der Waals surface area contributed by atoms with Crippen molar-refractivity contribution in [3.8, 4) is 0 Å². The minimum absolute atomic E-state index is 0.201. The first-order valence-corrected chi connectivity index (χ1v) is 6.65. The lowest BCUT2D eigenvalue weighted by molar-refractivity contribution is -0.387. The number of aliphatic hydroxyl groups is 1. The van der Waals surface area contributed by atoms with Crippen LogP contribution in [0.5, 0.6) is 0 Å². The largest absolute Gasteiger partial charge is 0.392 e. The summed E-state index contributed by atoms with van der Waals surface area (Å²) in [5.74, 6) is 0. The summed E-state index contributed by atoms with van der Waals surface area (Å²) >= 11 is 0. The smallest absolute Gasteiger partial charge is 0.289 e. The maximum atomic E-state index is 12.0. The Morgan fingerprint density at radius 1 is 1.50 bits per heavy atom. The molecular formula is C10H14N2O5S. The second kappa shape index (κ2) is 5.42. The third kappa shape index (κ3) is 3.25. The monoisotopic (exact) mass is 274 g/mol. The molecule has 0 saturated heterocycles. The zero-order valence-electron chi connectivity index (χ0n) is 9.95. The van der Waals surface area contributed by atoms with Crippen LogP contribution in [0.25, 0.3) is 0 Å². The van der Waals surface area contributed by atoms with E-state index >= 15 is 0 Å². The van der Waals surface area contributed by atoms with Gasteiger partial charge in [-0.2, -0.15) is 0 Å². The normalized spacial score (nSPS) is 13.3. The number of nitro groups is 1. The van der Waals surface area contributed by atoms with E-state index in [1.165, 1.54) is 26.0 Å². The zero-order valence-corrected chi connectivity index (χ0v) is 10.8. The zero-order chi connectivity index (χ0) is 13.9. The molecule has 0 bridgehead atoms. The molecule has 0 aliphatic carbocycles. The van der Waals surface area contributed by atoms with Crippen LogP contribution in [-0.2, 0) is 10.0 Å². The summed E-state index contributed by atoms with van der Waals surface area (Å²) in [7, 11) is -4.01. The first-order valence-electron chi connectivity index (χ1n) is 5.17. The van der Waals surface area contributed by atoms with Gasteiger partial charge in [0, 0.05) is 12.6 Å². The van der Waals surface area contributed by atoms with E-state index in [9.17, 15) is 18.5 Å². The Hall–Kier alpha value is -1.51. The first-order chi connectivity index (χ1) is 8.25. The molecule has 0 spiro atoms. The Kier molecular flexibility index (Phi) is 4.38. The number of nitro benzene ring substituents is 1. The number of hydrogen-bond donors (Lipinski definition) is 2. The van der Waals surface area contributed by atoms with Crippen molar-refractivity contribution in [3.63, 3.8) is 0 Å². The highest BCUT2D eigenvalue weighted by Crippen LogP contribution is 2.26. The van der Waals surface area contributed by atoms with E-state index in [2.05, 4.69) is 4.72 Å². The topological polar surface area (TPSA) is 110 Å². The van der Waals surface area contributed by atoms with Crippen molar-refractivity contribution in [2.24, 2.45) is 0 Å². The Labute approximate surface area is 105 Å². The van der Waals surface area contributed by atoms with Gasteiger partial charge in [0.2, 0.25) is 10.0 Å². The summed E-state index contributed by atoms with van der Waals surface area (Å²) in [6.07, 6.45) is -0.872. The predicted molar refractivity (Wildman–Crippen MR) is 64.7 cm³/mol. The number of aliphatic hydroxyl groups excluding tert-OH is 1. The second-order valence-electron chi connectivity index (χ2n) is 3.88. The van der Waals surface area contributed by atoms with Crippen LogP contribution < -0.4 is 4.72 Å². The van der Waals surface area contributed by atoms with Gasteiger partial charge in [0.15, 0.2) is 4.90 Å². The van der Waals surface area contributed by atoms with E-state index in [0.717, 1.165) is 6.07 Å². The summed E-state index contributed by atoms with van der Waals surface area (Å²) in [5, 5.41) is 19.9. The van der Waals surface area contributed by atoms with Crippen LogP contribution in [0.4, 0.5) is 5.69 Å². The molecule has 0 saturated carbocycles. The van der Waals surface area contributed by atoms with E-state index in [1.807, 2.05) is 0 Å². The van der Waals surface area contributed by atoms with Crippen LogP contribution >= 0.6 is 0 Å².